The van der Waals surface area contributed by atoms with Gasteiger partial charge in [0.25, 0.3) is 15.9 Å². The number of nitrogens with one attached hydrogen (secondary N) is 2. The Bertz CT molecular complexity index is 1040. The molecule has 8 heteroatoms. The normalized spacial score (nSPS) is 11.0. The van der Waals surface area contributed by atoms with Crippen LogP contribution in [0.5, 0.6) is 5.75 Å². The Kier molecular flexibility index (Phi) is 5.48. The topological polar surface area (TPSA) is 84.5 Å². The maximum Gasteiger partial charge on any atom is 0.261 e. The molecule has 2 N–H and O–H groups in total. The smallest absolute Gasteiger partial charge is 0.261 e. The minimum atomic E-state index is -3.80. The maximum atomic E-state index is 12.7. The summed E-state index contributed by atoms with van der Waals surface area (Å²) in [5, 5.41) is 6.30. The van der Waals surface area contributed by atoms with Crippen molar-refractivity contribution in [2.24, 2.45) is 0 Å². The third-order valence-electron chi connectivity index (χ3n) is 3.89. The van der Waals surface area contributed by atoms with Gasteiger partial charge in [0.2, 0.25) is 0 Å². The molecule has 3 aromatic rings. The van der Waals surface area contributed by atoms with Gasteiger partial charge in [0, 0.05) is 16.8 Å². The van der Waals surface area contributed by atoms with Gasteiger partial charge in [-0.3, -0.25) is 9.52 Å². The monoisotopic (exact) mass is 402 g/mol. The van der Waals surface area contributed by atoms with Gasteiger partial charge in [-0.1, -0.05) is 6.07 Å². The summed E-state index contributed by atoms with van der Waals surface area (Å²) in [6.45, 7) is 1.80. The molecule has 1 amide bonds. The predicted molar refractivity (Wildman–Crippen MR) is 107 cm³/mol. The number of aryl methyl sites for hydroxylation is 1. The molecule has 0 aliphatic carbocycles. The molecule has 0 fully saturated rings. The second kappa shape index (κ2) is 7.81. The van der Waals surface area contributed by atoms with Crippen LogP contribution in [-0.2, 0) is 10.0 Å². The highest BCUT2D eigenvalue weighted by Gasteiger charge is 2.17. The van der Waals surface area contributed by atoms with Crippen molar-refractivity contribution in [2.75, 3.05) is 17.1 Å². The molecule has 0 atom stereocenters. The van der Waals surface area contributed by atoms with Crippen LogP contribution in [0.15, 0.2) is 64.2 Å². The lowest BCUT2D eigenvalue weighted by atomic mass is 10.2. The van der Waals surface area contributed by atoms with E-state index in [0.717, 1.165) is 5.56 Å². The zero-order valence-corrected chi connectivity index (χ0v) is 16.4. The Morgan fingerprint density at radius 3 is 2.44 bits per heavy atom. The molecule has 6 nitrogen and oxygen atoms in total. The summed E-state index contributed by atoms with van der Waals surface area (Å²) in [6, 6.07) is 12.9. The number of hydrogen-bond donors (Lipinski definition) is 2. The van der Waals surface area contributed by atoms with E-state index in [-0.39, 0.29) is 10.8 Å². The number of methoxy groups -OCH3 is 1. The molecule has 3 rings (SSSR count). The molecule has 0 aliphatic heterocycles. The Morgan fingerprint density at radius 2 is 1.81 bits per heavy atom. The van der Waals surface area contributed by atoms with Crippen LogP contribution in [0, 0.1) is 6.92 Å². The highest BCUT2D eigenvalue weighted by atomic mass is 32.2. The van der Waals surface area contributed by atoms with E-state index in [2.05, 4.69) is 10.0 Å². The lowest BCUT2D eigenvalue weighted by Gasteiger charge is -2.12. The third-order valence-corrected chi connectivity index (χ3v) is 5.96. The van der Waals surface area contributed by atoms with E-state index in [1.54, 1.807) is 54.1 Å². The van der Waals surface area contributed by atoms with Crippen LogP contribution in [0.3, 0.4) is 0 Å². The molecule has 0 saturated heterocycles. The van der Waals surface area contributed by atoms with Crippen LogP contribution in [0.25, 0.3) is 0 Å². The molecule has 0 spiro atoms. The standard InChI is InChI=1S/C19H18N2O4S2/c1-13-3-8-17(11-18(13)20-19(22)14-9-10-26-12-14)27(23,24)21-15-4-6-16(25-2)7-5-15/h3-12,21H,1-2H3,(H,20,22). The van der Waals surface area contributed by atoms with Gasteiger partial charge in [0.15, 0.2) is 0 Å². The van der Waals surface area contributed by atoms with Crippen molar-refractivity contribution >= 4 is 38.6 Å². The first-order valence-corrected chi connectivity index (χ1v) is 10.4. The van der Waals surface area contributed by atoms with Gasteiger partial charge < -0.3 is 10.1 Å². The van der Waals surface area contributed by atoms with Crippen LogP contribution in [0.2, 0.25) is 0 Å². The molecule has 1 heterocycles. The number of anilines is 2. The molecular weight excluding hydrogens is 384 g/mol. The van der Waals surface area contributed by atoms with Gasteiger partial charge in [-0.15, -0.1) is 0 Å². The number of rotatable bonds is 6. The molecule has 2 aromatic carbocycles. The number of carbonyl (C=O) groups is 1. The largest absolute Gasteiger partial charge is 0.497 e. The first kappa shape index (κ1) is 18.9. The number of thiophene rings is 1. The van der Waals surface area contributed by atoms with Crippen LogP contribution < -0.4 is 14.8 Å². The van der Waals surface area contributed by atoms with Crippen molar-refractivity contribution in [1.29, 1.82) is 0 Å². The summed E-state index contributed by atoms with van der Waals surface area (Å²) in [7, 11) is -2.26. The number of ether oxygens (including phenoxy) is 1. The Morgan fingerprint density at radius 1 is 1.07 bits per heavy atom. The number of hydrogen-bond acceptors (Lipinski definition) is 5. The van der Waals surface area contributed by atoms with Gasteiger partial charge in [0.05, 0.1) is 17.6 Å². The summed E-state index contributed by atoms with van der Waals surface area (Å²) in [5.41, 5.74) is 2.16. The van der Waals surface area contributed by atoms with Crippen molar-refractivity contribution in [3.63, 3.8) is 0 Å². The summed E-state index contributed by atoms with van der Waals surface area (Å²) in [6.07, 6.45) is 0. The van der Waals surface area contributed by atoms with Crippen molar-refractivity contribution in [3.05, 3.63) is 70.4 Å². The second-order valence-corrected chi connectivity index (χ2v) is 8.24. The number of benzene rings is 2. The zero-order chi connectivity index (χ0) is 19.4. The SMILES string of the molecule is COc1ccc(NS(=O)(=O)c2ccc(C)c(NC(=O)c3ccsc3)c2)cc1. The Balaban J connectivity index is 1.83. The van der Waals surface area contributed by atoms with Gasteiger partial charge in [-0.25, -0.2) is 8.42 Å². The fourth-order valence-corrected chi connectivity index (χ4v) is 4.08. The summed E-state index contributed by atoms with van der Waals surface area (Å²) in [5.74, 6) is 0.351. The molecule has 0 bridgehead atoms. The van der Waals surface area contributed by atoms with E-state index in [9.17, 15) is 13.2 Å². The van der Waals surface area contributed by atoms with E-state index in [4.69, 9.17) is 4.74 Å². The van der Waals surface area contributed by atoms with Crippen molar-refractivity contribution in [1.82, 2.24) is 0 Å². The van der Waals surface area contributed by atoms with Crippen molar-refractivity contribution < 1.29 is 17.9 Å². The van der Waals surface area contributed by atoms with Gasteiger partial charge in [0.1, 0.15) is 5.75 Å². The Labute approximate surface area is 161 Å². The highest BCUT2D eigenvalue weighted by Crippen LogP contribution is 2.24. The molecule has 1 aromatic heterocycles. The molecule has 0 aliphatic rings. The van der Waals surface area contributed by atoms with E-state index in [1.807, 2.05) is 0 Å². The molecule has 0 unspecified atom stereocenters. The lowest BCUT2D eigenvalue weighted by molar-refractivity contribution is 0.102. The molecular formula is C19H18N2O4S2. The molecule has 0 radical (unpaired) electrons. The third kappa shape index (κ3) is 4.47. The van der Waals surface area contributed by atoms with Crippen molar-refractivity contribution in [2.45, 2.75) is 11.8 Å². The quantitative estimate of drug-likeness (QED) is 0.650. The van der Waals surface area contributed by atoms with E-state index in [1.165, 1.54) is 30.6 Å². The first-order chi connectivity index (χ1) is 12.9. The number of carbonyl (C=O) groups excluding carboxylic acids is 1. The minimum Gasteiger partial charge on any atom is -0.497 e. The summed E-state index contributed by atoms with van der Waals surface area (Å²) >= 11 is 1.42. The Hall–Kier alpha value is -2.84. The van der Waals surface area contributed by atoms with Crippen LogP contribution in [0.1, 0.15) is 15.9 Å². The summed E-state index contributed by atoms with van der Waals surface area (Å²) in [4.78, 5) is 12.3. The minimum absolute atomic E-state index is 0.0598. The van der Waals surface area contributed by atoms with Gasteiger partial charge in [-0.2, -0.15) is 11.3 Å². The zero-order valence-electron chi connectivity index (χ0n) is 14.7. The second-order valence-electron chi connectivity index (χ2n) is 5.78. The molecule has 140 valence electrons. The van der Waals surface area contributed by atoms with E-state index >= 15 is 0 Å². The van der Waals surface area contributed by atoms with Crippen LogP contribution in [0.4, 0.5) is 11.4 Å². The average molecular weight is 402 g/mol. The van der Waals surface area contributed by atoms with E-state index < -0.39 is 10.0 Å². The number of amides is 1. The van der Waals surface area contributed by atoms with Crippen molar-refractivity contribution in [3.8, 4) is 5.75 Å². The predicted octanol–water partition coefficient (Wildman–Crippen LogP) is 4.12. The van der Waals surface area contributed by atoms with E-state index in [0.29, 0.717) is 22.7 Å². The van der Waals surface area contributed by atoms with Gasteiger partial charge in [-0.05, 0) is 60.3 Å². The average Bonchev–Trinajstić information content (AvgIpc) is 3.18. The number of sulfonamides is 1. The lowest BCUT2D eigenvalue weighted by Crippen LogP contribution is -2.15. The summed E-state index contributed by atoms with van der Waals surface area (Å²) < 4.78 is 32.9. The fourth-order valence-electron chi connectivity index (χ4n) is 2.36. The molecule has 0 saturated carbocycles. The highest BCUT2D eigenvalue weighted by molar-refractivity contribution is 7.92. The van der Waals surface area contributed by atoms with Crippen LogP contribution >= 0.6 is 11.3 Å². The fraction of sp³-hybridized carbons (Fsp3) is 0.105. The maximum absolute atomic E-state index is 12.7. The van der Waals surface area contributed by atoms with Gasteiger partial charge >= 0.3 is 0 Å². The molecule has 27 heavy (non-hydrogen) atoms. The van der Waals surface area contributed by atoms with Crippen LogP contribution in [-0.4, -0.2) is 21.4 Å². The first-order valence-electron chi connectivity index (χ1n) is 8.00.